The maximum atomic E-state index is 7.01. The zero-order chi connectivity index (χ0) is 26.6. The molecule has 0 saturated carbocycles. The summed E-state index contributed by atoms with van der Waals surface area (Å²) in [6, 6.07) is 41.7. The summed E-state index contributed by atoms with van der Waals surface area (Å²) in [5.74, 6) is 1.87. The quantitative estimate of drug-likeness (QED) is 0.220. The molecule has 2 heterocycles. The van der Waals surface area contributed by atoms with E-state index in [4.69, 9.17) is 26.6 Å². The normalized spacial score (nSPS) is 11.6. The summed E-state index contributed by atoms with van der Waals surface area (Å²) in [5, 5.41) is 7.62. The first kappa shape index (κ1) is 23.3. The van der Waals surface area contributed by atoms with Gasteiger partial charge in [-0.2, -0.15) is 0 Å². The number of thiophene rings is 1. The molecule has 8 aromatic rings. The van der Waals surface area contributed by atoms with E-state index in [9.17, 15) is 0 Å². The van der Waals surface area contributed by atoms with Gasteiger partial charge in [-0.15, -0.1) is 11.3 Å². The van der Waals surface area contributed by atoms with Crippen LogP contribution in [0.1, 0.15) is 0 Å². The van der Waals surface area contributed by atoms with Crippen molar-refractivity contribution >= 4 is 64.7 Å². The van der Waals surface area contributed by atoms with Crippen molar-refractivity contribution in [2.75, 3.05) is 0 Å². The van der Waals surface area contributed by atoms with E-state index in [1.807, 2.05) is 54.6 Å². The fourth-order valence-electron chi connectivity index (χ4n) is 5.43. The van der Waals surface area contributed by atoms with Gasteiger partial charge in [0.15, 0.2) is 17.5 Å². The van der Waals surface area contributed by atoms with Crippen LogP contribution in [-0.4, -0.2) is 15.0 Å². The van der Waals surface area contributed by atoms with Crippen LogP contribution in [0.2, 0.25) is 5.02 Å². The first-order valence-electron chi connectivity index (χ1n) is 13.1. The van der Waals surface area contributed by atoms with Crippen LogP contribution in [0.15, 0.2) is 121 Å². The molecule has 0 radical (unpaired) electrons. The number of aromatic nitrogens is 3. The molecule has 0 aliphatic heterocycles. The Kier molecular flexibility index (Phi) is 5.37. The van der Waals surface area contributed by atoms with Gasteiger partial charge in [-0.3, -0.25) is 0 Å². The number of hydrogen-bond acceptors (Lipinski definition) is 4. The zero-order valence-corrected chi connectivity index (χ0v) is 22.7. The van der Waals surface area contributed by atoms with Crippen molar-refractivity contribution in [1.82, 2.24) is 15.0 Å². The molecule has 0 saturated heterocycles. The van der Waals surface area contributed by atoms with Gasteiger partial charge < -0.3 is 0 Å². The highest BCUT2D eigenvalue weighted by Gasteiger charge is 2.17. The van der Waals surface area contributed by atoms with Crippen LogP contribution in [0, 0.1) is 0 Å². The molecular weight excluding hydrogens is 530 g/mol. The molecule has 0 N–H and O–H groups in total. The van der Waals surface area contributed by atoms with Gasteiger partial charge in [0.25, 0.3) is 0 Å². The second kappa shape index (κ2) is 9.23. The van der Waals surface area contributed by atoms with E-state index in [1.54, 1.807) is 11.3 Å². The van der Waals surface area contributed by atoms with Crippen LogP contribution in [0.3, 0.4) is 0 Å². The second-order valence-electron chi connectivity index (χ2n) is 9.83. The summed E-state index contributed by atoms with van der Waals surface area (Å²) >= 11 is 8.76. The third kappa shape index (κ3) is 3.84. The summed E-state index contributed by atoms with van der Waals surface area (Å²) in [5.41, 5.74) is 2.78. The highest BCUT2D eigenvalue weighted by molar-refractivity contribution is 7.26. The Balaban J connectivity index is 1.37. The average molecular weight is 550 g/mol. The highest BCUT2D eigenvalue weighted by atomic mass is 35.5. The van der Waals surface area contributed by atoms with Gasteiger partial charge in [0.05, 0.1) is 5.02 Å². The summed E-state index contributed by atoms with van der Waals surface area (Å²) in [7, 11) is 0. The van der Waals surface area contributed by atoms with E-state index in [2.05, 4.69) is 66.7 Å². The van der Waals surface area contributed by atoms with Gasteiger partial charge in [-0.25, -0.2) is 15.0 Å². The minimum absolute atomic E-state index is 0.600. The van der Waals surface area contributed by atoms with E-state index in [0.717, 1.165) is 37.5 Å². The summed E-state index contributed by atoms with van der Waals surface area (Å²) in [4.78, 5) is 14.9. The van der Waals surface area contributed by atoms with Crippen molar-refractivity contribution in [3.8, 4) is 34.2 Å². The van der Waals surface area contributed by atoms with Crippen molar-refractivity contribution in [2.45, 2.75) is 0 Å². The number of hydrogen-bond donors (Lipinski definition) is 0. The molecule has 0 spiro atoms. The Labute approximate surface area is 239 Å². The van der Waals surface area contributed by atoms with Crippen molar-refractivity contribution in [1.29, 1.82) is 0 Å². The fraction of sp³-hybridized carbons (Fsp3) is 0. The minimum Gasteiger partial charge on any atom is -0.208 e. The number of rotatable bonds is 3. The molecule has 8 rings (SSSR count). The number of benzene rings is 6. The third-order valence-corrected chi connectivity index (χ3v) is 8.75. The molecule has 0 aliphatic rings. The standard InChI is InChI=1S/C35H20ClN3S/c36-29-18-25(20-31-32(29)28-17-23-12-4-5-13-24(23)19-30(28)40-31)34-37-33(22-10-2-1-3-11-22)38-35(39-34)27-16-8-14-21-9-6-7-15-26(21)27/h1-20H. The summed E-state index contributed by atoms with van der Waals surface area (Å²) in [6.07, 6.45) is 0. The number of fused-ring (bicyclic) bond motifs is 5. The molecule has 0 atom stereocenters. The highest BCUT2D eigenvalue weighted by Crippen LogP contribution is 2.42. The summed E-state index contributed by atoms with van der Waals surface area (Å²) in [6.45, 7) is 0. The van der Waals surface area contributed by atoms with E-state index in [0.29, 0.717) is 22.5 Å². The van der Waals surface area contributed by atoms with Crippen LogP contribution in [-0.2, 0) is 0 Å². The van der Waals surface area contributed by atoms with E-state index >= 15 is 0 Å². The van der Waals surface area contributed by atoms with Gasteiger partial charge in [-0.1, -0.05) is 109 Å². The van der Waals surface area contributed by atoms with E-state index < -0.39 is 0 Å². The minimum atomic E-state index is 0.600. The Morgan fingerprint density at radius 1 is 0.475 bits per heavy atom. The van der Waals surface area contributed by atoms with Gasteiger partial charge in [0, 0.05) is 36.9 Å². The first-order chi connectivity index (χ1) is 19.7. The Bertz CT molecular complexity index is 2230. The Hall–Kier alpha value is -4.64. The lowest BCUT2D eigenvalue weighted by Crippen LogP contribution is -2.00. The summed E-state index contributed by atoms with van der Waals surface area (Å²) < 4.78 is 2.33. The Morgan fingerprint density at radius 2 is 1.12 bits per heavy atom. The van der Waals surface area contributed by atoms with Crippen LogP contribution >= 0.6 is 22.9 Å². The van der Waals surface area contributed by atoms with Crippen LogP contribution in [0.5, 0.6) is 0 Å². The Morgan fingerprint density at radius 3 is 1.95 bits per heavy atom. The predicted molar refractivity (Wildman–Crippen MR) is 169 cm³/mol. The lowest BCUT2D eigenvalue weighted by Gasteiger charge is -2.11. The predicted octanol–water partition coefficient (Wildman–Crippen LogP) is 10.2. The molecule has 0 bridgehead atoms. The van der Waals surface area contributed by atoms with Crippen LogP contribution in [0.4, 0.5) is 0 Å². The molecule has 3 nitrogen and oxygen atoms in total. The van der Waals surface area contributed by atoms with Crippen molar-refractivity contribution in [3.05, 3.63) is 126 Å². The smallest absolute Gasteiger partial charge is 0.164 e. The third-order valence-electron chi connectivity index (χ3n) is 7.35. The zero-order valence-electron chi connectivity index (χ0n) is 21.2. The molecule has 5 heteroatoms. The topological polar surface area (TPSA) is 38.7 Å². The molecular formula is C35H20ClN3S. The van der Waals surface area contributed by atoms with Crippen LogP contribution < -0.4 is 0 Å². The molecule has 0 unspecified atom stereocenters. The van der Waals surface area contributed by atoms with E-state index in [1.165, 1.54) is 20.9 Å². The maximum Gasteiger partial charge on any atom is 0.164 e. The van der Waals surface area contributed by atoms with Gasteiger partial charge in [0.1, 0.15) is 0 Å². The van der Waals surface area contributed by atoms with Crippen molar-refractivity contribution in [3.63, 3.8) is 0 Å². The average Bonchev–Trinajstić information content (AvgIpc) is 3.37. The monoisotopic (exact) mass is 549 g/mol. The number of halogens is 1. The first-order valence-corrected chi connectivity index (χ1v) is 14.3. The SMILES string of the molecule is Clc1cc(-c2nc(-c3ccccc3)nc(-c3cccc4ccccc34)n2)cc2sc3cc4ccccc4cc3c12. The molecule has 0 aliphatic carbocycles. The maximum absolute atomic E-state index is 7.01. The molecule has 0 fully saturated rings. The molecule has 188 valence electrons. The van der Waals surface area contributed by atoms with Crippen LogP contribution in [0.25, 0.3) is 75.9 Å². The number of nitrogens with zero attached hydrogens (tertiary/aromatic N) is 3. The van der Waals surface area contributed by atoms with Gasteiger partial charge in [0.2, 0.25) is 0 Å². The molecule has 6 aromatic carbocycles. The van der Waals surface area contributed by atoms with Gasteiger partial charge >= 0.3 is 0 Å². The fourth-order valence-corrected chi connectivity index (χ4v) is 7.01. The largest absolute Gasteiger partial charge is 0.208 e. The molecule has 0 amide bonds. The lowest BCUT2D eigenvalue weighted by molar-refractivity contribution is 1.08. The molecule has 40 heavy (non-hydrogen) atoms. The van der Waals surface area contributed by atoms with Crippen molar-refractivity contribution < 1.29 is 0 Å². The van der Waals surface area contributed by atoms with Crippen molar-refractivity contribution in [2.24, 2.45) is 0 Å². The second-order valence-corrected chi connectivity index (χ2v) is 11.3. The van der Waals surface area contributed by atoms with E-state index in [-0.39, 0.29) is 0 Å². The van der Waals surface area contributed by atoms with Gasteiger partial charge in [-0.05, 0) is 45.8 Å². The molecule has 2 aromatic heterocycles. The lowest BCUT2D eigenvalue weighted by atomic mass is 10.0.